The molecular weight excluding hydrogens is 298 g/mol. The third-order valence-electron chi connectivity index (χ3n) is 2.84. The summed E-state index contributed by atoms with van der Waals surface area (Å²) in [5.41, 5.74) is 0.415. The topological polar surface area (TPSA) is 96.5 Å². The Morgan fingerprint density at radius 3 is 2.26 bits per heavy atom. The summed E-state index contributed by atoms with van der Waals surface area (Å²) in [5, 5.41) is 7.83. The van der Waals surface area contributed by atoms with E-state index in [1.165, 1.54) is 0 Å². The third-order valence-corrected chi connectivity index (χ3v) is 2.84. The van der Waals surface area contributed by atoms with Gasteiger partial charge in [0, 0.05) is 18.7 Å². The van der Waals surface area contributed by atoms with Gasteiger partial charge in [-0.3, -0.25) is 14.4 Å². The molecule has 23 heavy (non-hydrogen) atoms. The molecule has 7 nitrogen and oxygen atoms in total. The average Bonchev–Trinajstić information content (AvgIpc) is 2.56. The second-order valence-corrected chi connectivity index (χ2v) is 4.80. The summed E-state index contributed by atoms with van der Waals surface area (Å²) in [7, 11) is 0. The van der Waals surface area contributed by atoms with E-state index in [4.69, 9.17) is 4.74 Å². The predicted octanol–water partition coefficient (Wildman–Crippen LogP) is 0.457. The lowest BCUT2D eigenvalue weighted by Gasteiger charge is -2.08. The fourth-order valence-electron chi connectivity index (χ4n) is 1.69. The van der Waals surface area contributed by atoms with Crippen LogP contribution in [0.2, 0.25) is 0 Å². The summed E-state index contributed by atoms with van der Waals surface area (Å²) < 4.78 is 5.29. The second-order valence-electron chi connectivity index (χ2n) is 4.80. The van der Waals surface area contributed by atoms with E-state index in [2.05, 4.69) is 16.0 Å². The smallest absolute Gasteiger partial charge is 0.257 e. The molecule has 0 unspecified atom stereocenters. The van der Waals surface area contributed by atoms with Crippen LogP contribution in [0.15, 0.2) is 24.3 Å². The van der Waals surface area contributed by atoms with Gasteiger partial charge in [-0.1, -0.05) is 6.92 Å². The molecule has 0 radical (unpaired) electrons. The second kappa shape index (κ2) is 10.2. The number of carbonyl (C=O) groups is 3. The van der Waals surface area contributed by atoms with Gasteiger partial charge in [0.05, 0.1) is 6.54 Å². The highest BCUT2D eigenvalue weighted by molar-refractivity contribution is 5.96. The van der Waals surface area contributed by atoms with Crippen LogP contribution in [-0.4, -0.2) is 44.0 Å². The maximum Gasteiger partial charge on any atom is 0.257 e. The molecule has 7 heteroatoms. The van der Waals surface area contributed by atoms with Gasteiger partial charge in [0.1, 0.15) is 5.75 Å². The van der Waals surface area contributed by atoms with E-state index in [0.717, 1.165) is 6.42 Å². The van der Waals surface area contributed by atoms with Crippen LogP contribution in [0.25, 0.3) is 0 Å². The van der Waals surface area contributed by atoms with E-state index in [9.17, 15) is 14.4 Å². The number of likely N-dealkylation sites (N-methyl/N-ethyl adjacent to an activating group) is 1. The standard InChI is InChI=1S/C16H23N3O4/c1-3-9-18-14(20)10-19-16(22)12-5-7-13(8-6-12)23-11-15(21)17-4-2/h5-8H,3-4,9-11H2,1-2H3,(H,17,21)(H,18,20)(H,19,22). The fraction of sp³-hybridized carbons (Fsp3) is 0.438. The number of hydrogen-bond acceptors (Lipinski definition) is 4. The van der Waals surface area contributed by atoms with Crippen LogP contribution < -0.4 is 20.7 Å². The number of benzene rings is 1. The van der Waals surface area contributed by atoms with Crippen molar-refractivity contribution >= 4 is 17.7 Å². The Bertz CT molecular complexity index is 529. The van der Waals surface area contributed by atoms with Crippen molar-refractivity contribution in [1.82, 2.24) is 16.0 Å². The van der Waals surface area contributed by atoms with E-state index in [0.29, 0.717) is 24.4 Å². The number of rotatable bonds is 9. The Hall–Kier alpha value is -2.57. The van der Waals surface area contributed by atoms with E-state index in [1.807, 2.05) is 13.8 Å². The van der Waals surface area contributed by atoms with Crippen molar-refractivity contribution in [1.29, 1.82) is 0 Å². The maximum atomic E-state index is 11.9. The predicted molar refractivity (Wildman–Crippen MR) is 86.3 cm³/mol. The molecule has 0 heterocycles. The largest absolute Gasteiger partial charge is 0.484 e. The number of amides is 3. The van der Waals surface area contributed by atoms with E-state index in [1.54, 1.807) is 24.3 Å². The van der Waals surface area contributed by atoms with Gasteiger partial charge in [-0.25, -0.2) is 0 Å². The quantitative estimate of drug-likeness (QED) is 0.615. The molecule has 0 saturated heterocycles. The molecule has 0 fully saturated rings. The molecule has 1 aromatic carbocycles. The van der Waals surface area contributed by atoms with Gasteiger partial charge in [-0.15, -0.1) is 0 Å². The van der Waals surface area contributed by atoms with Gasteiger partial charge in [-0.05, 0) is 37.6 Å². The molecule has 1 rings (SSSR count). The summed E-state index contributed by atoms with van der Waals surface area (Å²) in [6.45, 7) is 4.78. The van der Waals surface area contributed by atoms with Crippen molar-refractivity contribution in [2.45, 2.75) is 20.3 Å². The number of hydrogen-bond donors (Lipinski definition) is 3. The monoisotopic (exact) mass is 321 g/mol. The first-order valence-corrected chi connectivity index (χ1v) is 7.61. The lowest BCUT2D eigenvalue weighted by Crippen LogP contribution is -2.37. The highest BCUT2D eigenvalue weighted by Crippen LogP contribution is 2.11. The minimum absolute atomic E-state index is 0.0612. The highest BCUT2D eigenvalue weighted by Gasteiger charge is 2.08. The third kappa shape index (κ3) is 7.30. The highest BCUT2D eigenvalue weighted by atomic mass is 16.5. The average molecular weight is 321 g/mol. The maximum absolute atomic E-state index is 11.9. The van der Waals surface area contributed by atoms with Crippen molar-refractivity contribution in [3.8, 4) is 5.75 Å². The normalized spacial score (nSPS) is 9.83. The molecule has 0 atom stereocenters. The van der Waals surface area contributed by atoms with Crippen LogP contribution in [-0.2, 0) is 9.59 Å². The van der Waals surface area contributed by atoms with Crippen LogP contribution in [0.5, 0.6) is 5.75 Å². The van der Waals surface area contributed by atoms with E-state index in [-0.39, 0.29) is 30.9 Å². The van der Waals surface area contributed by atoms with E-state index < -0.39 is 0 Å². The molecule has 3 N–H and O–H groups in total. The molecule has 0 aromatic heterocycles. The lowest BCUT2D eigenvalue weighted by molar-refractivity contribution is -0.123. The Balaban J connectivity index is 2.41. The minimum Gasteiger partial charge on any atom is -0.484 e. The number of ether oxygens (including phenoxy) is 1. The van der Waals surface area contributed by atoms with Gasteiger partial charge < -0.3 is 20.7 Å². The van der Waals surface area contributed by atoms with Crippen LogP contribution >= 0.6 is 0 Å². The van der Waals surface area contributed by atoms with Gasteiger partial charge in [-0.2, -0.15) is 0 Å². The van der Waals surface area contributed by atoms with Crippen LogP contribution in [0.1, 0.15) is 30.6 Å². The molecule has 3 amide bonds. The Labute approximate surface area is 135 Å². The summed E-state index contributed by atoms with van der Waals surface area (Å²) in [4.78, 5) is 34.6. The van der Waals surface area contributed by atoms with Gasteiger partial charge in [0.2, 0.25) is 5.91 Å². The summed E-state index contributed by atoms with van der Waals surface area (Å²) in [6.07, 6.45) is 0.845. The van der Waals surface area contributed by atoms with Crippen molar-refractivity contribution in [3.05, 3.63) is 29.8 Å². The molecule has 1 aromatic rings. The lowest BCUT2D eigenvalue weighted by atomic mass is 10.2. The summed E-state index contributed by atoms with van der Waals surface area (Å²) >= 11 is 0. The molecule has 0 spiro atoms. The number of nitrogens with one attached hydrogen (secondary N) is 3. The van der Waals surface area contributed by atoms with Crippen molar-refractivity contribution in [3.63, 3.8) is 0 Å². The summed E-state index contributed by atoms with van der Waals surface area (Å²) in [6, 6.07) is 6.36. The molecule has 0 aliphatic rings. The first kappa shape index (κ1) is 18.5. The van der Waals surface area contributed by atoms with Crippen molar-refractivity contribution < 1.29 is 19.1 Å². The van der Waals surface area contributed by atoms with Crippen LogP contribution in [0.4, 0.5) is 0 Å². The molecule has 0 saturated carbocycles. The molecular formula is C16H23N3O4. The zero-order chi connectivity index (χ0) is 17.1. The van der Waals surface area contributed by atoms with E-state index >= 15 is 0 Å². The molecule has 0 aliphatic carbocycles. The Kier molecular flexibility index (Phi) is 8.20. The summed E-state index contributed by atoms with van der Waals surface area (Å²) in [5.74, 6) is -0.269. The van der Waals surface area contributed by atoms with Gasteiger partial charge >= 0.3 is 0 Å². The Morgan fingerprint density at radius 2 is 1.65 bits per heavy atom. The zero-order valence-electron chi connectivity index (χ0n) is 13.5. The first-order valence-electron chi connectivity index (χ1n) is 7.61. The van der Waals surface area contributed by atoms with Crippen molar-refractivity contribution in [2.75, 3.05) is 26.2 Å². The van der Waals surface area contributed by atoms with Crippen molar-refractivity contribution in [2.24, 2.45) is 0 Å². The van der Waals surface area contributed by atoms with Crippen LogP contribution in [0, 0.1) is 0 Å². The van der Waals surface area contributed by atoms with Gasteiger partial charge in [0.15, 0.2) is 6.61 Å². The molecule has 126 valence electrons. The molecule has 0 aliphatic heterocycles. The molecule has 0 bridgehead atoms. The SMILES string of the molecule is CCCNC(=O)CNC(=O)c1ccc(OCC(=O)NCC)cc1. The van der Waals surface area contributed by atoms with Crippen LogP contribution in [0.3, 0.4) is 0 Å². The fourth-order valence-corrected chi connectivity index (χ4v) is 1.69. The zero-order valence-corrected chi connectivity index (χ0v) is 13.5. The van der Waals surface area contributed by atoms with Gasteiger partial charge in [0.25, 0.3) is 11.8 Å². The Morgan fingerprint density at radius 1 is 0.957 bits per heavy atom. The first-order chi connectivity index (χ1) is 11.1. The minimum atomic E-state index is -0.341. The number of carbonyl (C=O) groups excluding carboxylic acids is 3.